The van der Waals surface area contributed by atoms with Crippen LogP contribution >= 0.6 is 15.9 Å². The Morgan fingerprint density at radius 1 is 0.909 bits per heavy atom. The van der Waals surface area contributed by atoms with Crippen LogP contribution in [0.2, 0.25) is 0 Å². The topological polar surface area (TPSA) is 0 Å². The lowest BCUT2D eigenvalue weighted by atomic mass is 9.73. The summed E-state index contributed by atoms with van der Waals surface area (Å²) in [6.45, 7) is 4.63. The van der Waals surface area contributed by atoms with Crippen molar-refractivity contribution in [1.82, 2.24) is 0 Å². The zero-order chi connectivity index (χ0) is 15.6. The van der Waals surface area contributed by atoms with Gasteiger partial charge in [-0.05, 0) is 48.6 Å². The zero-order valence-corrected chi connectivity index (χ0v) is 14.7. The second-order valence-corrected chi connectivity index (χ2v) is 7.17. The van der Waals surface area contributed by atoms with Gasteiger partial charge in [0.2, 0.25) is 0 Å². The van der Waals surface area contributed by atoms with Crippen molar-refractivity contribution < 1.29 is 0 Å². The normalized spacial score (nSPS) is 20.7. The van der Waals surface area contributed by atoms with Crippen molar-refractivity contribution in [3.63, 3.8) is 0 Å². The van der Waals surface area contributed by atoms with Gasteiger partial charge in [0.1, 0.15) is 0 Å². The number of aryl methyl sites for hydroxylation is 1. The molecule has 1 aliphatic rings. The maximum absolute atomic E-state index is 3.52. The maximum Gasteiger partial charge on any atom is 0.0175 e. The van der Waals surface area contributed by atoms with Crippen LogP contribution in [0.5, 0.6) is 0 Å². The highest BCUT2D eigenvalue weighted by molar-refractivity contribution is 9.10. The summed E-state index contributed by atoms with van der Waals surface area (Å²) in [5.74, 6) is 0. The summed E-state index contributed by atoms with van der Waals surface area (Å²) in [6.07, 6.45) is 6.82. The van der Waals surface area contributed by atoms with Gasteiger partial charge in [0.15, 0.2) is 0 Å². The van der Waals surface area contributed by atoms with E-state index in [9.17, 15) is 0 Å². The average Bonchev–Trinajstić information content (AvgIpc) is 2.83. The van der Waals surface area contributed by atoms with E-state index in [1.807, 2.05) is 0 Å². The Kier molecular flexibility index (Phi) is 4.35. The Hall–Kier alpha value is -1.60. The quantitative estimate of drug-likeness (QED) is 0.594. The summed E-state index contributed by atoms with van der Waals surface area (Å²) in [5, 5.41) is 0. The molecule has 0 radical (unpaired) electrons. The summed E-state index contributed by atoms with van der Waals surface area (Å²) in [6, 6.07) is 19.5. The molecule has 1 aliphatic carbocycles. The molecule has 0 unspecified atom stereocenters. The van der Waals surface area contributed by atoms with E-state index >= 15 is 0 Å². The molecule has 2 aromatic rings. The van der Waals surface area contributed by atoms with Gasteiger partial charge in [0, 0.05) is 9.89 Å². The lowest BCUT2D eigenvalue weighted by molar-refractivity contribution is 0.493. The van der Waals surface area contributed by atoms with Gasteiger partial charge in [0.05, 0.1) is 0 Å². The Balaban J connectivity index is 1.84. The first kappa shape index (κ1) is 15.3. The molecule has 0 nitrogen and oxygen atoms in total. The van der Waals surface area contributed by atoms with Crippen LogP contribution in [0.3, 0.4) is 0 Å². The highest BCUT2D eigenvalue weighted by Gasteiger charge is 2.34. The lowest BCUT2D eigenvalue weighted by Crippen LogP contribution is -2.18. The molecular formula is C21H21Br. The third kappa shape index (κ3) is 2.96. The second-order valence-electron chi connectivity index (χ2n) is 6.25. The number of hydrogen-bond donors (Lipinski definition) is 0. The molecule has 112 valence electrons. The van der Waals surface area contributed by atoms with Crippen molar-refractivity contribution in [3.8, 4) is 0 Å². The van der Waals surface area contributed by atoms with Crippen molar-refractivity contribution in [2.75, 3.05) is 0 Å². The van der Waals surface area contributed by atoms with Crippen molar-refractivity contribution in [2.24, 2.45) is 5.41 Å². The van der Waals surface area contributed by atoms with Crippen molar-refractivity contribution in [2.45, 2.75) is 26.7 Å². The summed E-state index contributed by atoms with van der Waals surface area (Å²) >= 11 is 3.52. The highest BCUT2D eigenvalue weighted by Crippen LogP contribution is 2.48. The minimum Gasteiger partial charge on any atom is -0.0630 e. The molecule has 3 rings (SSSR count). The fourth-order valence-electron chi connectivity index (χ4n) is 3.20. The highest BCUT2D eigenvalue weighted by atomic mass is 79.9. The largest absolute Gasteiger partial charge is 0.0630 e. The van der Waals surface area contributed by atoms with Gasteiger partial charge in [-0.25, -0.2) is 0 Å². The molecule has 0 amide bonds. The molecule has 22 heavy (non-hydrogen) atoms. The van der Waals surface area contributed by atoms with Crippen LogP contribution in [0.15, 0.2) is 76.8 Å². The average molecular weight is 353 g/mol. The van der Waals surface area contributed by atoms with Gasteiger partial charge in [0.25, 0.3) is 0 Å². The second kappa shape index (κ2) is 6.26. The molecule has 1 heteroatoms. The number of rotatable bonds is 4. The van der Waals surface area contributed by atoms with E-state index in [0.717, 1.165) is 17.3 Å². The van der Waals surface area contributed by atoms with E-state index in [2.05, 4.69) is 96.5 Å². The number of halogens is 1. The lowest BCUT2D eigenvalue weighted by Gasteiger charge is -2.31. The van der Waals surface area contributed by atoms with Gasteiger partial charge < -0.3 is 0 Å². The van der Waals surface area contributed by atoms with Crippen molar-refractivity contribution in [3.05, 3.63) is 87.9 Å². The van der Waals surface area contributed by atoms with Crippen molar-refractivity contribution in [1.29, 1.82) is 0 Å². The van der Waals surface area contributed by atoms with E-state index < -0.39 is 0 Å². The molecule has 0 heterocycles. The van der Waals surface area contributed by atoms with Crippen LogP contribution in [0.1, 0.15) is 31.4 Å². The van der Waals surface area contributed by atoms with Crippen LogP contribution in [0, 0.1) is 5.41 Å². The summed E-state index contributed by atoms with van der Waals surface area (Å²) < 4.78 is 1.13. The minimum absolute atomic E-state index is 0.129. The molecular weight excluding hydrogens is 332 g/mol. The Labute approximate surface area is 141 Å². The Morgan fingerprint density at radius 2 is 1.59 bits per heavy atom. The van der Waals surface area contributed by atoms with E-state index in [4.69, 9.17) is 0 Å². The first-order valence-electron chi connectivity index (χ1n) is 7.79. The third-order valence-electron chi connectivity index (χ3n) is 4.88. The maximum atomic E-state index is 3.52. The molecule has 2 aromatic carbocycles. The molecule has 0 fully saturated rings. The zero-order valence-electron chi connectivity index (χ0n) is 13.1. The smallest absolute Gasteiger partial charge is 0.0175 e. The summed E-state index contributed by atoms with van der Waals surface area (Å²) in [7, 11) is 0. The van der Waals surface area contributed by atoms with Gasteiger partial charge >= 0.3 is 0 Å². The van der Waals surface area contributed by atoms with Crippen LogP contribution < -0.4 is 0 Å². The SMILES string of the molecule is CC1=CC=C(c2ccc(Br)cc2)[C@]1(C)CCc1ccccc1. The fourth-order valence-corrected chi connectivity index (χ4v) is 3.47. The monoisotopic (exact) mass is 352 g/mol. The molecule has 0 aliphatic heterocycles. The van der Waals surface area contributed by atoms with E-state index in [0.29, 0.717) is 0 Å². The Morgan fingerprint density at radius 3 is 2.27 bits per heavy atom. The van der Waals surface area contributed by atoms with Crippen LogP contribution in [-0.4, -0.2) is 0 Å². The van der Waals surface area contributed by atoms with Gasteiger partial charge in [-0.2, -0.15) is 0 Å². The van der Waals surface area contributed by atoms with Crippen LogP contribution in [0.4, 0.5) is 0 Å². The van der Waals surface area contributed by atoms with Gasteiger partial charge in [-0.15, -0.1) is 0 Å². The molecule has 1 atom stereocenters. The molecule has 0 aromatic heterocycles. The number of hydrogen-bond acceptors (Lipinski definition) is 0. The van der Waals surface area contributed by atoms with Gasteiger partial charge in [-0.1, -0.05) is 83.0 Å². The molecule has 0 N–H and O–H groups in total. The van der Waals surface area contributed by atoms with E-state index in [-0.39, 0.29) is 5.41 Å². The fraction of sp³-hybridized carbons (Fsp3) is 0.238. The van der Waals surface area contributed by atoms with Crippen LogP contribution in [-0.2, 0) is 6.42 Å². The minimum atomic E-state index is 0.129. The number of benzene rings is 2. The molecule has 0 bridgehead atoms. The van der Waals surface area contributed by atoms with E-state index in [1.165, 1.54) is 22.3 Å². The van der Waals surface area contributed by atoms with Gasteiger partial charge in [-0.3, -0.25) is 0 Å². The molecule has 0 saturated carbocycles. The summed E-state index contributed by atoms with van der Waals surface area (Å²) in [4.78, 5) is 0. The standard InChI is InChI=1S/C21H21Br/c1-16-8-13-20(18-9-11-19(22)12-10-18)21(16,2)15-14-17-6-4-3-5-7-17/h3-13H,14-15H2,1-2H3/t21-/m1/s1. The third-order valence-corrected chi connectivity index (χ3v) is 5.41. The predicted octanol–water partition coefficient (Wildman–Crippen LogP) is 6.43. The number of allylic oxidation sites excluding steroid dienone is 4. The molecule has 0 saturated heterocycles. The van der Waals surface area contributed by atoms with E-state index in [1.54, 1.807) is 0 Å². The van der Waals surface area contributed by atoms with Crippen molar-refractivity contribution >= 4 is 21.5 Å². The van der Waals surface area contributed by atoms with Crippen LogP contribution in [0.25, 0.3) is 5.57 Å². The molecule has 0 spiro atoms. The first-order valence-corrected chi connectivity index (χ1v) is 8.58. The summed E-state index contributed by atoms with van der Waals surface area (Å²) in [5.41, 5.74) is 5.77. The Bertz CT molecular complexity index is 707. The first-order chi connectivity index (χ1) is 10.6. The predicted molar refractivity (Wildman–Crippen MR) is 98.7 cm³/mol.